The molecular weight excluding hydrogens is 295 g/mol. The van der Waals surface area contributed by atoms with Crippen LogP contribution in [0.4, 0.5) is 15.8 Å². The van der Waals surface area contributed by atoms with Crippen LogP contribution >= 0.6 is 0 Å². The van der Waals surface area contributed by atoms with E-state index in [1.807, 2.05) is 19.9 Å². The van der Waals surface area contributed by atoms with Crippen LogP contribution in [0.2, 0.25) is 0 Å². The van der Waals surface area contributed by atoms with Crippen LogP contribution < -0.4 is 10.6 Å². The van der Waals surface area contributed by atoms with Crippen molar-refractivity contribution in [3.8, 4) is 0 Å². The van der Waals surface area contributed by atoms with Crippen LogP contribution in [-0.2, 0) is 10.2 Å². The van der Waals surface area contributed by atoms with Gasteiger partial charge in [-0.3, -0.25) is 9.59 Å². The first-order chi connectivity index (χ1) is 10.8. The van der Waals surface area contributed by atoms with E-state index in [9.17, 15) is 14.0 Å². The summed E-state index contributed by atoms with van der Waals surface area (Å²) >= 11 is 0. The highest BCUT2D eigenvalue weighted by atomic mass is 19.1. The molecule has 0 saturated heterocycles. The Morgan fingerprint density at radius 1 is 1.17 bits per heavy atom. The van der Waals surface area contributed by atoms with E-state index in [1.54, 1.807) is 12.1 Å². The molecule has 0 spiro atoms. The molecule has 2 aromatic carbocycles. The summed E-state index contributed by atoms with van der Waals surface area (Å²) in [6, 6.07) is 10.8. The Labute approximate surface area is 133 Å². The fourth-order valence-corrected chi connectivity index (χ4v) is 2.81. The van der Waals surface area contributed by atoms with Gasteiger partial charge in [-0.2, -0.15) is 0 Å². The molecule has 5 heteroatoms. The molecule has 118 valence electrons. The number of carbonyl (C=O) groups is 2. The third-order valence-electron chi connectivity index (χ3n) is 3.99. The number of hydrogen-bond donors (Lipinski definition) is 2. The van der Waals surface area contributed by atoms with E-state index >= 15 is 0 Å². The summed E-state index contributed by atoms with van der Waals surface area (Å²) in [5.74, 6) is -0.754. The van der Waals surface area contributed by atoms with Crippen LogP contribution in [0.1, 0.15) is 36.2 Å². The Bertz CT molecular complexity index is 782. The summed E-state index contributed by atoms with van der Waals surface area (Å²) in [7, 11) is 0. The van der Waals surface area contributed by atoms with Crippen molar-refractivity contribution in [2.24, 2.45) is 0 Å². The smallest absolute Gasteiger partial charge is 0.255 e. The first-order valence-corrected chi connectivity index (χ1v) is 7.36. The lowest BCUT2D eigenvalue weighted by Crippen LogP contribution is -2.32. The molecule has 0 atom stereocenters. The molecule has 0 unspecified atom stereocenters. The molecule has 0 aliphatic carbocycles. The third kappa shape index (κ3) is 3.08. The Morgan fingerprint density at radius 3 is 2.57 bits per heavy atom. The van der Waals surface area contributed by atoms with Gasteiger partial charge in [0.25, 0.3) is 5.91 Å². The summed E-state index contributed by atoms with van der Waals surface area (Å²) < 4.78 is 12.9. The van der Waals surface area contributed by atoms with Crippen LogP contribution in [0.15, 0.2) is 42.5 Å². The van der Waals surface area contributed by atoms with Crippen LogP contribution in [0.5, 0.6) is 0 Å². The molecule has 23 heavy (non-hydrogen) atoms. The Hall–Kier alpha value is -2.69. The van der Waals surface area contributed by atoms with Gasteiger partial charge in [0.2, 0.25) is 5.91 Å². The molecule has 4 nitrogen and oxygen atoms in total. The molecule has 1 aliphatic heterocycles. The standard InChI is InChI=1S/C18H17FN2O2/c1-18(2)10-16(22)21-15-9-13(7-8-14(15)18)20-17(23)11-3-5-12(19)6-4-11/h3-9H,10H2,1-2H3,(H,20,23)(H,21,22). The highest BCUT2D eigenvalue weighted by molar-refractivity contribution is 6.05. The first-order valence-electron chi connectivity index (χ1n) is 7.36. The maximum Gasteiger partial charge on any atom is 0.255 e. The summed E-state index contributed by atoms with van der Waals surface area (Å²) in [6.07, 6.45) is 0.432. The minimum absolute atomic E-state index is 0.0375. The number of hydrogen-bond acceptors (Lipinski definition) is 2. The Morgan fingerprint density at radius 2 is 1.87 bits per heavy atom. The molecular formula is C18H17FN2O2. The van der Waals surface area contributed by atoms with Gasteiger partial charge in [-0.1, -0.05) is 19.9 Å². The number of benzene rings is 2. The molecule has 0 aromatic heterocycles. The minimum Gasteiger partial charge on any atom is -0.326 e. The highest BCUT2D eigenvalue weighted by Crippen LogP contribution is 2.38. The lowest BCUT2D eigenvalue weighted by atomic mass is 9.78. The molecule has 1 heterocycles. The van der Waals surface area contributed by atoms with Crippen molar-refractivity contribution in [3.05, 3.63) is 59.4 Å². The monoisotopic (exact) mass is 312 g/mol. The molecule has 3 rings (SSSR count). The first kappa shape index (κ1) is 15.2. The number of nitrogens with one attached hydrogen (secondary N) is 2. The topological polar surface area (TPSA) is 58.2 Å². The average Bonchev–Trinajstić information content (AvgIpc) is 2.46. The van der Waals surface area contributed by atoms with Crippen molar-refractivity contribution in [3.63, 3.8) is 0 Å². The van der Waals surface area contributed by atoms with Gasteiger partial charge in [-0.05, 0) is 42.0 Å². The SMILES string of the molecule is CC1(C)CC(=O)Nc2cc(NC(=O)c3ccc(F)cc3)ccc21. The Kier molecular flexibility index (Phi) is 3.64. The quantitative estimate of drug-likeness (QED) is 0.888. The number of carbonyl (C=O) groups excluding carboxylic acids is 2. The predicted octanol–water partition coefficient (Wildman–Crippen LogP) is 3.70. The number of halogens is 1. The van der Waals surface area contributed by atoms with Crippen molar-refractivity contribution >= 4 is 23.2 Å². The molecule has 0 bridgehead atoms. The fourth-order valence-electron chi connectivity index (χ4n) is 2.81. The summed E-state index contributed by atoms with van der Waals surface area (Å²) in [4.78, 5) is 24.0. The van der Waals surface area contributed by atoms with Gasteiger partial charge in [0.05, 0.1) is 0 Å². The van der Waals surface area contributed by atoms with E-state index in [-0.39, 0.29) is 23.0 Å². The number of amides is 2. The van der Waals surface area contributed by atoms with Crippen molar-refractivity contribution < 1.29 is 14.0 Å². The van der Waals surface area contributed by atoms with Gasteiger partial charge in [0.1, 0.15) is 5.82 Å². The van der Waals surface area contributed by atoms with E-state index < -0.39 is 0 Å². The van der Waals surface area contributed by atoms with E-state index in [4.69, 9.17) is 0 Å². The second kappa shape index (κ2) is 5.50. The minimum atomic E-state index is -0.389. The van der Waals surface area contributed by atoms with Gasteiger partial charge in [0, 0.05) is 28.8 Å². The lowest BCUT2D eigenvalue weighted by Gasteiger charge is -2.32. The normalized spacial score (nSPS) is 15.5. The van der Waals surface area contributed by atoms with Crippen LogP contribution in [0.25, 0.3) is 0 Å². The lowest BCUT2D eigenvalue weighted by molar-refractivity contribution is -0.117. The average molecular weight is 312 g/mol. The van der Waals surface area contributed by atoms with Crippen molar-refractivity contribution in [2.75, 3.05) is 10.6 Å². The largest absolute Gasteiger partial charge is 0.326 e. The number of rotatable bonds is 2. The van der Waals surface area contributed by atoms with Gasteiger partial charge in [-0.15, -0.1) is 0 Å². The van der Waals surface area contributed by atoms with Crippen LogP contribution in [-0.4, -0.2) is 11.8 Å². The molecule has 2 N–H and O–H groups in total. The van der Waals surface area contributed by atoms with E-state index in [2.05, 4.69) is 10.6 Å². The van der Waals surface area contributed by atoms with Crippen molar-refractivity contribution in [2.45, 2.75) is 25.7 Å². The second-order valence-electron chi connectivity index (χ2n) is 6.33. The maximum absolute atomic E-state index is 12.9. The highest BCUT2D eigenvalue weighted by Gasteiger charge is 2.31. The maximum atomic E-state index is 12.9. The summed E-state index contributed by atoms with van der Waals surface area (Å²) in [6.45, 7) is 4.03. The van der Waals surface area contributed by atoms with Crippen LogP contribution in [0.3, 0.4) is 0 Å². The summed E-state index contributed by atoms with van der Waals surface area (Å²) in [5.41, 5.74) is 2.46. The van der Waals surface area contributed by atoms with Crippen molar-refractivity contribution in [1.29, 1.82) is 0 Å². The zero-order valence-corrected chi connectivity index (χ0v) is 12.9. The molecule has 2 amide bonds. The van der Waals surface area contributed by atoms with E-state index in [0.29, 0.717) is 23.4 Å². The van der Waals surface area contributed by atoms with Gasteiger partial charge in [0.15, 0.2) is 0 Å². The number of fused-ring (bicyclic) bond motifs is 1. The molecule has 0 radical (unpaired) electrons. The molecule has 0 fully saturated rings. The predicted molar refractivity (Wildman–Crippen MR) is 87.1 cm³/mol. The molecule has 2 aromatic rings. The Balaban J connectivity index is 1.85. The third-order valence-corrected chi connectivity index (χ3v) is 3.99. The van der Waals surface area contributed by atoms with E-state index in [1.165, 1.54) is 24.3 Å². The fraction of sp³-hybridized carbons (Fsp3) is 0.222. The van der Waals surface area contributed by atoms with Gasteiger partial charge < -0.3 is 10.6 Å². The second-order valence-corrected chi connectivity index (χ2v) is 6.33. The van der Waals surface area contributed by atoms with E-state index in [0.717, 1.165) is 5.56 Å². The zero-order chi connectivity index (χ0) is 16.6. The zero-order valence-electron chi connectivity index (χ0n) is 12.9. The van der Waals surface area contributed by atoms with Gasteiger partial charge >= 0.3 is 0 Å². The molecule has 0 saturated carbocycles. The molecule has 1 aliphatic rings. The van der Waals surface area contributed by atoms with Crippen LogP contribution in [0, 0.1) is 5.82 Å². The van der Waals surface area contributed by atoms with Crippen molar-refractivity contribution in [1.82, 2.24) is 0 Å². The number of anilines is 2. The summed E-state index contributed by atoms with van der Waals surface area (Å²) in [5, 5.41) is 5.59. The van der Waals surface area contributed by atoms with Gasteiger partial charge in [-0.25, -0.2) is 4.39 Å².